The van der Waals surface area contributed by atoms with Crippen LogP contribution in [0.2, 0.25) is 0 Å². The fourth-order valence-electron chi connectivity index (χ4n) is 1.23. The third-order valence-electron chi connectivity index (χ3n) is 2.23. The van der Waals surface area contributed by atoms with Gasteiger partial charge in [0, 0.05) is 12.0 Å². The van der Waals surface area contributed by atoms with Gasteiger partial charge < -0.3 is 9.47 Å². The summed E-state index contributed by atoms with van der Waals surface area (Å²) in [5.41, 5.74) is 0.312. The summed E-state index contributed by atoms with van der Waals surface area (Å²) in [6.07, 6.45) is 2.57. The van der Waals surface area contributed by atoms with Crippen LogP contribution in [0.5, 0.6) is 0 Å². The molecule has 0 radical (unpaired) electrons. The molecule has 0 spiro atoms. The Labute approximate surface area is 127 Å². The molecule has 0 N–H and O–H groups in total. The first-order valence-electron chi connectivity index (χ1n) is 6.45. The van der Waals surface area contributed by atoms with Crippen LogP contribution in [0.15, 0.2) is 12.2 Å². The summed E-state index contributed by atoms with van der Waals surface area (Å²) in [6.45, 7) is 7.02. The van der Waals surface area contributed by atoms with E-state index in [-0.39, 0.29) is 26.6 Å². The third-order valence-corrected chi connectivity index (χ3v) is 2.77. The van der Waals surface area contributed by atoms with Crippen LogP contribution in [0.4, 0.5) is 0 Å². The number of esters is 2. The summed E-state index contributed by atoms with van der Waals surface area (Å²) < 4.78 is 25.2. The summed E-state index contributed by atoms with van der Waals surface area (Å²) in [5, 5.41) is 0. The molecule has 0 saturated heterocycles. The average Bonchev–Trinajstić information content (AvgIpc) is 2.37. The molecule has 0 fully saturated rings. The van der Waals surface area contributed by atoms with Gasteiger partial charge in [-0.05, 0) is 24.3 Å². The molecule has 0 aromatic heterocycles. The summed E-state index contributed by atoms with van der Waals surface area (Å²) in [4.78, 5) is 22.3. The molecule has 21 heavy (non-hydrogen) atoms. The van der Waals surface area contributed by atoms with E-state index in [2.05, 4.69) is 6.58 Å². The molecule has 0 aliphatic carbocycles. The Hall–Kier alpha value is -1.26. The molecule has 7 heteroatoms. The molecular weight excluding hydrogens is 295 g/mol. The molecule has 0 aliphatic rings. The SMILES string of the molecule is C.C=C(C)C(=O)OCCOC(=O)CCCCCO[P+](C)=O. The molecule has 0 rings (SSSR count). The molecule has 0 heterocycles. The zero-order valence-corrected chi connectivity index (χ0v) is 12.9. The van der Waals surface area contributed by atoms with Crippen LogP contribution in [0.25, 0.3) is 0 Å². The van der Waals surface area contributed by atoms with Crippen molar-refractivity contribution in [1.29, 1.82) is 0 Å². The minimum atomic E-state index is -1.54. The summed E-state index contributed by atoms with van der Waals surface area (Å²) in [5.74, 6) is -0.811. The Morgan fingerprint density at radius 3 is 2.24 bits per heavy atom. The molecule has 0 aromatic rings. The number of carbonyl (C=O) groups excluding carboxylic acids is 2. The Morgan fingerprint density at radius 2 is 1.67 bits per heavy atom. The molecular formula is C14H26O6P+. The lowest BCUT2D eigenvalue weighted by Gasteiger charge is -2.06. The Morgan fingerprint density at radius 1 is 1.05 bits per heavy atom. The zero-order valence-electron chi connectivity index (χ0n) is 12.1. The zero-order chi connectivity index (χ0) is 15.4. The van der Waals surface area contributed by atoms with Gasteiger partial charge in [-0.15, -0.1) is 4.52 Å². The van der Waals surface area contributed by atoms with Gasteiger partial charge in [-0.3, -0.25) is 4.79 Å². The van der Waals surface area contributed by atoms with E-state index in [0.29, 0.717) is 25.0 Å². The first-order chi connectivity index (χ1) is 9.43. The lowest BCUT2D eigenvalue weighted by molar-refractivity contribution is -0.150. The fourth-order valence-corrected chi connectivity index (χ4v) is 1.61. The van der Waals surface area contributed by atoms with Crippen LogP contribution < -0.4 is 0 Å². The second-order valence-electron chi connectivity index (χ2n) is 4.22. The van der Waals surface area contributed by atoms with Crippen molar-refractivity contribution in [2.45, 2.75) is 40.0 Å². The van der Waals surface area contributed by atoms with E-state index in [1.807, 2.05) is 0 Å². The maximum Gasteiger partial charge on any atom is 0.504 e. The van der Waals surface area contributed by atoms with Crippen molar-refractivity contribution in [2.24, 2.45) is 0 Å². The first-order valence-corrected chi connectivity index (χ1v) is 8.08. The Bertz CT molecular complexity index is 353. The van der Waals surface area contributed by atoms with Gasteiger partial charge in [0.15, 0.2) is 6.66 Å². The molecule has 0 saturated carbocycles. The van der Waals surface area contributed by atoms with Gasteiger partial charge in [0.2, 0.25) is 0 Å². The number of hydrogen-bond acceptors (Lipinski definition) is 6. The van der Waals surface area contributed by atoms with E-state index < -0.39 is 14.0 Å². The highest BCUT2D eigenvalue weighted by atomic mass is 31.1. The minimum Gasteiger partial charge on any atom is -0.462 e. The van der Waals surface area contributed by atoms with Gasteiger partial charge >= 0.3 is 20.0 Å². The Kier molecular flexibility index (Phi) is 14.4. The Balaban J connectivity index is 0. The van der Waals surface area contributed by atoms with E-state index in [4.69, 9.17) is 14.0 Å². The highest BCUT2D eigenvalue weighted by Gasteiger charge is 2.07. The third kappa shape index (κ3) is 15.0. The molecule has 0 aromatic carbocycles. The van der Waals surface area contributed by atoms with E-state index in [1.54, 1.807) is 6.92 Å². The van der Waals surface area contributed by atoms with Gasteiger partial charge in [-0.1, -0.05) is 20.4 Å². The van der Waals surface area contributed by atoms with Gasteiger partial charge in [0.05, 0.1) is 0 Å². The summed E-state index contributed by atoms with van der Waals surface area (Å²) in [6, 6.07) is 0. The number of carbonyl (C=O) groups is 2. The van der Waals surface area contributed by atoms with Crippen LogP contribution >= 0.6 is 8.03 Å². The van der Waals surface area contributed by atoms with E-state index >= 15 is 0 Å². The molecule has 6 nitrogen and oxygen atoms in total. The molecule has 1 atom stereocenters. The standard InChI is InChI=1S/C13H22O6P.CH4/c1-11(2)13(15)18-10-9-17-12(14)7-5-4-6-8-19-20(3)16;/h1,4-10H2,2-3H3;1H4/q+1;. The first kappa shape index (κ1) is 22.0. The minimum absolute atomic E-state index is 0. The van der Waals surface area contributed by atoms with Crippen molar-refractivity contribution >= 4 is 20.0 Å². The second-order valence-corrected chi connectivity index (χ2v) is 5.36. The second kappa shape index (κ2) is 13.7. The number of hydrogen-bond donors (Lipinski definition) is 0. The van der Waals surface area contributed by atoms with Crippen molar-refractivity contribution in [3.8, 4) is 0 Å². The number of rotatable bonds is 11. The monoisotopic (exact) mass is 321 g/mol. The van der Waals surface area contributed by atoms with Gasteiger partial charge in [-0.2, -0.15) is 0 Å². The van der Waals surface area contributed by atoms with Crippen molar-refractivity contribution in [3.63, 3.8) is 0 Å². The van der Waals surface area contributed by atoms with Crippen LogP contribution in [-0.2, 0) is 28.2 Å². The van der Waals surface area contributed by atoms with Crippen molar-refractivity contribution in [2.75, 3.05) is 26.5 Å². The highest BCUT2D eigenvalue weighted by molar-refractivity contribution is 7.38. The molecule has 122 valence electrons. The van der Waals surface area contributed by atoms with Crippen molar-refractivity contribution in [3.05, 3.63) is 12.2 Å². The molecule has 0 aliphatic heterocycles. The quantitative estimate of drug-likeness (QED) is 0.251. The van der Waals surface area contributed by atoms with Gasteiger partial charge in [0.25, 0.3) is 0 Å². The smallest absolute Gasteiger partial charge is 0.462 e. The summed E-state index contributed by atoms with van der Waals surface area (Å²) >= 11 is 0. The van der Waals surface area contributed by atoms with Crippen LogP contribution in [-0.4, -0.2) is 38.4 Å². The normalized spacial score (nSPS) is 10.3. The van der Waals surface area contributed by atoms with Crippen LogP contribution in [0, 0.1) is 0 Å². The summed E-state index contributed by atoms with van der Waals surface area (Å²) in [7, 11) is -1.54. The van der Waals surface area contributed by atoms with E-state index in [9.17, 15) is 14.2 Å². The lowest BCUT2D eigenvalue weighted by Crippen LogP contribution is -2.14. The van der Waals surface area contributed by atoms with Crippen LogP contribution in [0.1, 0.15) is 40.0 Å². The van der Waals surface area contributed by atoms with Gasteiger partial charge in [-0.25, -0.2) is 4.79 Å². The van der Waals surface area contributed by atoms with Crippen molar-refractivity contribution in [1.82, 2.24) is 0 Å². The van der Waals surface area contributed by atoms with Gasteiger partial charge in [0.1, 0.15) is 19.8 Å². The molecule has 1 unspecified atom stereocenters. The van der Waals surface area contributed by atoms with Crippen molar-refractivity contribution < 1.29 is 28.2 Å². The topological polar surface area (TPSA) is 78.9 Å². The predicted octanol–water partition coefficient (Wildman–Crippen LogP) is 3.23. The fraction of sp³-hybridized carbons (Fsp3) is 0.714. The molecule has 0 bridgehead atoms. The average molecular weight is 321 g/mol. The van der Waals surface area contributed by atoms with Crippen LogP contribution in [0.3, 0.4) is 0 Å². The lowest BCUT2D eigenvalue weighted by atomic mass is 10.2. The maximum atomic E-state index is 11.3. The predicted molar refractivity (Wildman–Crippen MR) is 81.4 cm³/mol. The number of unbranched alkanes of at least 4 members (excludes halogenated alkanes) is 2. The van der Waals surface area contributed by atoms with E-state index in [0.717, 1.165) is 12.8 Å². The number of ether oxygens (including phenoxy) is 2. The largest absolute Gasteiger partial charge is 0.504 e. The molecule has 0 amide bonds. The van der Waals surface area contributed by atoms with E-state index in [1.165, 1.54) is 6.66 Å². The highest BCUT2D eigenvalue weighted by Crippen LogP contribution is 2.15. The maximum absolute atomic E-state index is 11.3.